The van der Waals surface area contributed by atoms with Gasteiger partial charge < -0.3 is 20.6 Å². The second-order valence-corrected chi connectivity index (χ2v) is 8.23. The minimum absolute atomic E-state index is 0.492. The molecule has 3 aromatic heterocycles. The van der Waals surface area contributed by atoms with E-state index < -0.39 is 5.54 Å². The Morgan fingerprint density at radius 3 is 2.61 bits per heavy atom. The van der Waals surface area contributed by atoms with Crippen molar-refractivity contribution in [2.24, 2.45) is 5.73 Å². The van der Waals surface area contributed by atoms with E-state index in [0.717, 1.165) is 70.8 Å². The van der Waals surface area contributed by atoms with Crippen LogP contribution < -0.4 is 10.6 Å². The van der Waals surface area contributed by atoms with E-state index in [1.165, 1.54) is 0 Å². The zero-order chi connectivity index (χ0) is 20.8. The maximum absolute atomic E-state index is 6.91. The van der Waals surface area contributed by atoms with Crippen molar-refractivity contribution in [2.75, 3.05) is 18.0 Å². The molecule has 0 amide bonds. The molecule has 1 fully saturated rings. The van der Waals surface area contributed by atoms with E-state index in [2.05, 4.69) is 67.3 Å². The molecule has 0 atom stereocenters. The molecule has 0 spiro atoms. The predicted molar refractivity (Wildman–Crippen MR) is 123 cm³/mol. The number of aromatic nitrogens is 5. The van der Waals surface area contributed by atoms with Gasteiger partial charge in [-0.2, -0.15) is 0 Å². The number of piperidine rings is 1. The summed E-state index contributed by atoms with van der Waals surface area (Å²) in [4.78, 5) is 22.8. The van der Waals surface area contributed by atoms with Crippen molar-refractivity contribution in [1.29, 1.82) is 0 Å². The number of nitrogens with one attached hydrogen (secondary N) is 2. The Bertz CT molecular complexity index is 1360. The number of H-pyrrole nitrogens is 2. The standard InChI is InChI=1S/C24H23N7/c25-24(10-13-31(14-11-24)22-18-9-12-26-21(18)27-15-28-22)23-29-19-8-4-7-17(20(19)30-23)16-5-2-1-3-6-16/h1-9,12,15H,10-11,13-14,25H2,(H,29,30)(H,26,27,28). The van der Waals surface area contributed by atoms with E-state index in [1.54, 1.807) is 6.33 Å². The highest BCUT2D eigenvalue weighted by Crippen LogP contribution is 2.35. The minimum atomic E-state index is -0.492. The zero-order valence-electron chi connectivity index (χ0n) is 17.0. The molecule has 0 radical (unpaired) electrons. The van der Waals surface area contributed by atoms with E-state index in [-0.39, 0.29) is 0 Å². The quantitative estimate of drug-likeness (QED) is 0.419. The van der Waals surface area contributed by atoms with Crippen molar-refractivity contribution in [3.8, 4) is 11.1 Å². The number of para-hydroxylation sites is 1. The second kappa shape index (κ2) is 6.92. The molecule has 0 saturated carbocycles. The molecule has 1 aliphatic rings. The molecule has 7 nitrogen and oxygen atoms in total. The molecule has 0 aliphatic carbocycles. The number of imidazole rings is 1. The van der Waals surface area contributed by atoms with Gasteiger partial charge >= 0.3 is 0 Å². The largest absolute Gasteiger partial charge is 0.356 e. The third-order valence-electron chi connectivity index (χ3n) is 6.36. The zero-order valence-corrected chi connectivity index (χ0v) is 17.0. The van der Waals surface area contributed by atoms with Crippen LogP contribution in [0.3, 0.4) is 0 Å². The van der Waals surface area contributed by atoms with Crippen LogP contribution in [-0.4, -0.2) is 38.0 Å². The smallest absolute Gasteiger partial charge is 0.142 e. The average molecular weight is 409 g/mol. The van der Waals surface area contributed by atoms with Gasteiger partial charge in [-0.05, 0) is 30.5 Å². The molecule has 154 valence electrons. The van der Waals surface area contributed by atoms with Gasteiger partial charge in [0, 0.05) is 24.8 Å². The average Bonchev–Trinajstić information content (AvgIpc) is 3.47. The summed E-state index contributed by atoms with van der Waals surface area (Å²) >= 11 is 0. The molecule has 4 N–H and O–H groups in total. The summed E-state index contributed by atoms with van der Waals surface area (Å²) in [6, 6.07) is 18.6. The first-order chi connectivity index (χ1) is 15.2. The Kier molecular flexibility index (Phi) is 4.04. The van der Waals surface area contributed by atoms with Crippen LogP contribution in [0.4, 0.5) is 5.82 Å². The van der Waals surface area contributed by atoms with Gasteiger partial charge in [-0.25, -0.2) is 15.0 Å². The van der Waals surface area contributed by atoms with Gasteiger partial charge in [-0.15, -0.1) is 0 Å². The molecular formula is C24H23N7. The maximum Gasteiger partial charge on any atom is 0.142 e. The number of anilines is 1. The molecule has 1 saturated heterocycles. The summed E-state index contributed by atoms with van der Waals surface area (Å²) in [5.74, 6) is 1.82. The molecule has 6 rings (SSSR count). The molecule has 31 heavy (non-hydrogen) atoms. The summed E-state index contributed by atoms with van der Waals surface area (Å²) in [6.07, 6.45) is 5.11. The van der Waals surface area contributed by atoms with Crippen molar-refractivity contribution in [3.63, 3.8) is 0 Å². The van der Waals surface area contributed by atoms with E-state index in [1.807, 2.05) is 18.3 Å². The summed E-state index contributed by atoms with van der Waals surface area (Å²) in [6.45, 7) is 1.63. The Morgan fingerprint density at radius 1 is 0.935 bits per heavy atom. The van der Waals surface area contributed by atoms with Crippen LogP contribution in [0.2, 0.25) is 0 Å². The molecule has 7 heteroatoms. The molecule has 0 unspecified atom stereocenters. The summed E-state index contributed by atoms with van der Waals surface area (Å²) in [7, 11) is 0. The van der Waals surface area contributed by atoms with Gasteiger partial charge in [0.1, 0.15) is 23.6 Å². The van der Waals surface area contributed by atoms with Crippen LogP contribution in [0.5, 0.6) is 0 Å². The van der Waals surface area contributed by atoms with Gasteiger partial charge in [0.25, 0.3) is 0 Å². The Labute approximate surface area is 179 Å². The highest BCUT2D eigenvalue weighted by molar-refractivity contribution is 5.92. The Morgan fingerprint density at radius 2 is 1.77 bits per heavy atom. The van der Waals surface area contributed by atoms with Crippen molar-refractivity contribution in [1.82, 2.24) is 24.9 Å². The number of nitrogens with two attached hydrogens (primary N) is 1. The number of hydrogen-bond donors (Lipinski definition) is 3. The monoisotopic (exact) mass is 409 g/mol. The first-order valence-electron chi connectivity index (χ1n) is 10.6. The van der Waals surface area contributed by atoms with Gasteiger partial charge in [0.05, 0.1) is 22.0 Å². The predicted octanol–water partition coefficient (Wildman–Crippen LogP) is 3.96. The first-order valence-corrected chi connectivity index (χ1v) is 10.6. The van der Waals surface area contributed by atoms with Crippen LogP contribution in [0.1, 0.15) is 18.7 Å². The number of rotatable bonds is 3. The van der Waals surface area contributed by atoms with Crippen molar-refractivity contribution < 1.29 is 0 Å². The van der Waals surface area contributed by atoms with Gasteiger partial charge in [0.2, 0.25) is 0 Å². The molecule has 2 aromatic carbocycles. The number of fused-ring (bicyclic) bond motifs is 2. The lowest BCUT2D eigenvalue weighted by Gasteiger charge is -2.38. The molecule has 1 aliphatic heterocycles. The number of aromatic amines is 2. The highest BCUT2D eigenvalue weighted by Gasteiger charge is 2.36. The molecular weight excluding hydrogens is 386 g/mol. The van der Waals surface area contributed by atoms with Crippen LogP contribution in [-0.2, 0) is 5.54 Å². The summed E-state index contributed by atoms with van der Waals surface area (Å²) in [5, 5.41) is 1.04. The van der Waals surface area contributed by atoms with E-state index in [4.69, 9.17) is 10.7 Å². The fourth-order valence-electron chi connectivity index (χ4n) is 4.58. The number of nitrogens with zero attached hydrogens (tertiary/aromatic N) is 4. The summed E-state index contributed by atoms with van der Waals surface area (Å²) in [5.41, 5.74) is 11.6. The lowest BCUT2D eigenvalue weighted by atomic mass is 9.88. The lowest BCUT2D eigenvalue weighted by Crippen LogP contribution is -2.49. The third kappa shape index (κ3) is 2.97. The minimum Gasteiger partial charge on any atom is -0.356 e. The third-order valence-corrected chi connectivity index (χ3v) is 6.36. The first kappa shape index (κ1) is 18.1. The SMILES string of the molecule is NC1(c2nc3c(-c4ccccc4)cccc3[nH]2)CCN(c2ncnc3[nH]ccc23)CC1. The van der Waals surface area contributed by atoms with Gasteiger partial charge in [-0.3, -0.25) is 0 Å². The molecule has 4 heterocycles. The summed E-state index contributed by atoms with van der Waals surface area (Å²) < 4.78 is 0. The Balaban J connectivity index is 1.31. The normalized spacial score (nSPS) is 16.2. The Hall–Kier alpha value is -3.71. The van der Waals surface area contributed by atoms with Crippen molar-refractivity contribution in [3.05, 3.63) is 72.9 Å². The fraction of sp³-hybridized carbons (Fsp3) is 0.208. The second-order valence-electron chi connectivity index (χ2n) is 8.23. The van der Waals surface area contributed by atoms with Crippen LogP contribution in [0.25, 0.3) is 33.2 Å². The van der Waals surface area contributed by atoms with Crippen LogP contribution in [0.15, 0.2) is 67.1 Å². The van der Waals surface area contributed by atoms with Crippen LogP contribution in [0, 0.1) is 0 Å². The van der Waals surface area contributed by atoms with E-state index in [0.29, 0.717) is 0 Å². The van der Waals surface area contributed by atoms with Gasteiger partial charge in [-0.1, -0.05) is 42.5 Å². The molecule has 5 aromatic rings. The van der Waals surface area contributed by atoms with Gasteiger partial charge in [0.15, 0.2) is 0 Å². The van der Waals surface area contributed by atoms with E-state index in [9.17, 15) is 0 Å². The topological polar surface area (TPSA) is 99.5 Å². The fourth-order valence-corrected chi connectivity index (χ4v) is 4.58. The number of hydrogen-bond acceptors (Lipinski definition) is 5. The lowest BCUT2D eigenvalue weighted by molar-refractivity contribution is 0.327. The van der Waals surface area contributed by atoms with Crippen molar-refractivity contribution >= 4 is 27.9 Å². The highest BCUT2D eigenvalue weighted by atomic mass is 15.2. The maximum atomic E-state index is 6.91. The number of benzene rings is 2. The molecule has 0 bridgehead atoms. The van der Waals surface area contributed by atoms with Crippen LogP contribution >= 0.6 is 0 Å². The van der Waals surface area contributed by atoms with Crippen molar-refractivity contribution in [2.45, 2.75) is 18.4 Å². The van der Waals surface area contributed by atoms with E-state index >= 15 is 0 Å².